The first-order chi connectivity index (χ1) is 9.58. The number of carbonyl (C=O) groups is 1. The van der Waals surface area contributed by atoms with Crippen LogP contribution in [-0.4, -0.2) is 17.1 Å². The summed E-state index contributed by atoms with van der Waals surface area (Å²) < 4.78 is 25.9. The Labute approximate surface area is 119 Å². The maximum atomic E-state index is 13.1. The maximum Gasteiger partial charge on any atom is 0.260 e. The summed E-state index contributed by atoms with van der Waals surface area (Å²) in [6, 6.07) is 6.19. The predicted octanol–water partition coefficient (Wildman–Crippen LogP) is 3.56. The van der Waals surface area contributed by atoms with Crippen LogP contribution in [0.1, 0.15) is 23.8 Å². The number of hydrogen-bond acceptors (Lipinski definition) is 3. The lowest BCUT2D eigenvalue weighted by atomic mass is 10.1. The van der Waals surface area contributed by atoms with Crippen LogP contribution in [0.25, 0.3) is 0 Å². The predicted molar refractivity (Wildman–Crippen MR) is 75.1 cm³/mol. The molecule has 106 valence electrons. The smallest absolute Gasteiger partial charge is 0.260 e. The minimum absolute atomic E-state index is 0.139. The average Bonchev–Trinajstić information content (AvgIpc) is 2.87. The lowest BCUT2D eigenvalue weighted by Crippen LogP contribution is -2.23. The Bertz CT molecular complexity index is 583. The summed E-state index contributed by atoms with van der Waals surface area (Å²) in [4.78, 5) is 16.3. The van der Waals surface area contributed by atoms with E-state index in [1.807, 2.05) is 0 Å². The Morgan fingerprint density at radius 1 is 1.40 bits per heavy atom. The van der Waals surface area contributed by atoms with Crippen molar-refractivity contribution in [2.45, 2.75) is 25.9 Å². The summed E-state index contributed by atoms with van der Waals surface area (Å²) in [5.74, 6) is -0.949. The largest absolute Gasteiger partial charge is 0.299 e. The molecule has 0 saturated carbocycles. The van der Waals surface area contributed by atoms with Crippen LogP contribution in [0.2, 0.25) is 0 Å². The van der Waals surface area contributed by atoms with Gasteiger partial charge in [0.1, 0.15) is 5.82 Å². The molecule has 0 bridgehead atoms. The molecule has 0 fully saturated rings. The fourth-order valence-electron chi connectivity index (χ4n) is 1.62. The molecule has 1 amide bonds. The Hall–Kier alpha value is -1.82. The molecule has 0 saturated heterocycles. The molecular formula is C14H14F2N2OS. The molecule has 1 atom stereocenters. The Morgan fingerprint density at radius 3 is 2.75 bits per heavy atom. The van der Waals surface area contributed by atoms with E-state index < -0.39 is 12.1 Å². The van der Waals surface area contributed by atoms with Gasteiger partial charge in [-0.05, 0) is 24.1 Å². The van der Waals surface area contributed by atoms with Crippen LogP contribution in [0.15, 0.2) is 30.5 Å². The molecule has 1 unspecified atom stereocenters. The molecule has 1 heterocycles. The van der Waals surface area contributed by atoms with Crippen LogP contribution in [-0.2, 0) is 11.2 Å². The number of benzene rings is 1. The van der Waals surface area contributed by atoms with Gasteiger partial charge in [0.2, 0.25) is 0 Å². The molecule has 0 radical (unpaired) electrons. The zero-order valence-corrected chi connectivity index (χ0v) is 11.7. The minimum atomic E-state index is -1.51. The maximum absolute atomic E-state index is 13.1. The molecule has 1 aromatic heterocycles. The standard InChI is InChI=1S/C14H14F2N2OS/c1-2-12(16)13(19)18-14-17-8-11(20-14)7-9-3-5-10(15)6-4-9/h3-6,8,12H,2,7H2,1H3,(H,17,18,19). The molecule has 0 spiro atoms. The second-order valence-corrected chi connectivity index (χ2v) is 5.42. The molecule has 20 heavy (non-hydrogen) atoms. The molecule has 1 N–H and O–H groups in total. The van der Waals surface area contributed by atoms with Gasteiger partial charge in [0, 0.05) is 17.5 Å². The quantitative estimate of drug-likeness (QED) is 0.916. The Balaban J connectivity index is 1.98. The normalized spacial score (nSPS) is 12.2. The molecule has 1 aromatic carbocycles. The molecule has 0 aliphatic rings. The fraction of sp³-hybridized carbons (Fsp3) is 0.286. The lowest BCUT2D eigenvalue weighted by Gasteiger charge is -2.03. The molecular weight excluding hydrogens is 282 g/mol. The molecule has 3 nitrogen and oxygen atoms in total. The molecule has 6 heteroatoms. The molecule has 2 aromatic rings. The number of hydrogen-bond donors (Lipinski definition) is 1. The lowest BCUT2D eigenvalue weighted by molar-refractivity contribution is -0.120. The third kappa shape index (κ3) is 3.84. The van der Waals surface area contributed by atoms with Crippen LogP contribution in [0.4, 0.5) is 13.9 Å². The van der Waals surface area contributed by atoms with Crippen LogP contribution in [0.5, 0.6) is 0 Å². The fourth-order valence-corrected chi connectivity index (χ4v) is 2.47. The van der Waals surface area contributed by atoms with E-state index in [0.717, 1.165) is 10.4 Å². The summed E-state index contributed by atoms with van der Waals surface area (Å²) >= 11 is 1.28. The van der Waals surface area contributed by atoms with Crippen LogP contribution in [0, 0.1) is 5.82 Å². The molecule has 0 aliphatic heterocycles. The van der Waals surface area contributed by atoms with Crippen molar-refractivity contribution in [1.29, 1.82) is 0 Å². The van der Waals surface area contributed by atoms with Gasteiger partial charge in [-0.3, -0.25) is 10.1 Å². The summed E-state index contributed by atoms with van der Waals surface area (Å²) in [5.41, 5.74) is 0.949. The van der Waals surface area contributed by atoms with Gasteiger partial charge in [-0.25, -0.2) is 13.8 Å². The first kappa shape index (κ1) is 14.6. The van der Waals surface area contributed by atoms with Gasteiger partial charge in [-0.15, -0.1) is 11.3 Å². The zero-order valence-electron chi connectivity index (χ0n) is 10.9. The highest BCUT2D eigenvalue weighted by Crippen LogP contribution is 2.21. The van der Waals surface area contributed by atoms with E-state index in [1.54, 1.807) is 25.3 Å². The van der Waals surface area contributed by atoms with Gasteiger partial charge in [-0.1, -0.05) is 19.1 Å². The van der Waals surface area contributed by atoms with Crippen molar-refractivity contribution in [2.75, 3.05) is 5.32 Å². The second-order valence-electron chi connectivity index (χ2n) is 4.30. The summed E-state index contributed by atoms with van der Waals surface area (Å²) in [7, 11) is 0. The first-order valence-corrected chi connectivity index (χ1v) is 7.04. The SMILES string of the molecule is CCC(F)C(=O)Nc1ncc(Cc2ccc(F)cc2)s1. The summed E-state index contributed by atoms with van der Waals surface area (Å²) in [6.07, 6.45) is 0.850. The molecule has 0 aliphatic carbocycles. The van der Waals surface area contributed by atoms with E-state index in [1.165, 1.54) is 23.5 Å². The van der Waals surface area contributed by atoms with Gasteiger partial charge in [0.15, 0.2) is 11.3 Å². The average molecular weight is 296 g/mol. The Kier molecular flexibility index (Phi) is 4.79. The number of rotatable bonds is 5. The van der Waals surface area contributed by atoms with Crippen LogP contribution < -0.4 is 5.32 Å². The number of carbonyl (C=O) groups excluding carboxylic acids is 1. The van der Waals surface area contributed by atoms with Gasteiger partial charge in [0.25, 0.3) is 5.91 Å². The number of halogens is 2. The minimum Gasteiger partial charge on any atom is -0.299 e. The van der Waals surface area contributed by atoms with E-state index in [2.05, 4.69) is 10.3 Å². The number of nitrogens with one attached hydrogen (secondary N) is 1. The number of aromatic nitrogens is 1. The summed E-state index contributed by atoms with van der Waals surface area (Å²) in [6.45, 7) is 1.60. The first-order valence-electron chi connectivity index (χ1n) is 6.22. The monoisotopic (exact) mass is 296 g/mol. The van der Waals surface area contributed by atoms with Crippen molar-refractivity contribution < 1.29 is 13.6 Å². The van der Waals surface area contributed by atoms with Crippen molar-refractivity contribution in [3.8, 4) is 0 Å². The van der Waals surface area contributed by atoms with Gasteiger partial charge < -0.3 is 0 Å². The third-order valence-electron chi connectivity index (χ3n) is 2.72. The Morgan fingerprint density at radius 2 is 2.10 bits per heavy atom. The van der Waals surface area contributed by atoms with Gasteiger partial charge in [0.05, 0.1) is 0 Å². The van der Waals surface area contributed by atoms with E-state index in [0.29, 0.717) is 11.6 Å². The zero-order chi connectivity index (χ0) is 14.5. The van der Waals surface area contributed by atoms with Crippen molar-refractivity contribution in [2.24, 2.45) is 0 Å². The van der Waals surface area contributed by atoms with Crippen molar-refractivity contribution in [1.82, 2.24) is 4.98 Å². The van der Waals surface area contributed by atoms with Crippen molar-refractivity contribution in [3.63, 3.8) is 0 Å². The van der Waals surface area contributed by atoms with Crippen LogP contribution >= 0.6 is 11.3 Å². The summed E-state index contributed by atoms with van der Waals surface area (Å²) in [5, 5.41) is 2.82. The highest BCUT2D eigenvalue weighted by molar-refractivity contribution is 7.15. The van der Waals surface area contributed by atoms with E-state index in [9.17, 15) is 13.6 Å². The number of anilines is 1. The van der Waals surface area contributed by atoms with E-state index >= 15 is 0 Å². The van der Waals surface area contributed by atoms with Gasteiger partial charge >= 0.3 is 0 Å². The number of amides is 1. The number of thiazole rings is 1. The molecule has 2 rings (SSSR count). The topological polar surface area (TPSA) is 42.0 Å². The number of alkyl halides is 1. The van der Waals surface area contributed by atoms with E-state index in [-0.39, 0.29) is 12.2 Å². The van der Waals surface area contributed by atoms with Crippen molar-refractivity contribution >= 4 is 22.4 Å². The third-order valence-corrected chi connectivity index (χ3v) is 3.63. The van der Waals surface area contributed by atoms with Gasteiger partial charge in [-0.2, -0.15) is 0 Å². The number of nitrogens with zero attached hydrogens (tertiary/aromatic N) is 1. The van der Waals surface area contributed by atoms with Crippen LogP contribution in [0.3, 0.4) is 0 Å². The second kappa shape index (κ2) is 6.56. The highest BCUT2D eigenvalue weighted by Gasteiger charge is 2.16. The van der Waals surface area contributed by atoms with Crippen molar-refractivity contribution in [3.05, 3.63) is 46.7 Å². The highest BCUT2D eigenvalue weighted by atomic mass is 32.1. The van der Waals surface area contributed by atoms with E-state index in [4.69, 9.17) is 0 Å².